The van der Waals surface area contributed by atoms with E-state index in [1.165, 1.54) is 0 Å². The number of hydrogen-bond donors (Lipinski definition) is 2. The largest absolute Gasteiger partial charge is 0.480 e. The minimum atomic E-state index is -1.11. The number of carbonyl (C=O) groups excluding carboxylic acids is 1. The normalized spacial score (nSPS) is 19.3. The average Bonchev–Trinajstić information content (AvgIpc) is 3.40. The summed E-state index contributed by atoms with van der Waals surface area (Å²) in [5.74, 6) is -0.758. The fraction of sp³-hybridized carbons (Fsp3) is 0.526. The minimum Gasteiger partial charge on any atom is -0.480 e. The Balaban J connectivity index is 1.71. The van der Waals surface area contributed by atoms with Crippen LogP contribution in [0.2, 0.25) is 0 Å². The van der Waals surface area contributed by atoms with Crippen LogP contribution >= 0.6 is 0 Å². The van der Waals surface area contributed by atoms with Crippen LogP contribution in [0.15, 0.2) is 18.2 Å². The summed E-state index contributed by atoms with van der Waals surface area (Å²) in [5, 5.41) is 21.5. The summed E-state index contributed by atoms with van der Waals surface area (Å²) in [5.41, 5.74) is 1.43. The lowest BCUT2D eigenvalue weighted by Crippen LogP contribution is -2.55. The monoisotopic (exact) mass is 326 g/mol. The van der Waals surface area contributed by atoms with Crippen molar-refractivity contribution >= 4 is 11.9 Å². The number of hydrogen-bond acceptors (Lipinski definition) is 3. The van der Waals surface area contributed by atoms with Gasteiger partial charge in [-0.1, -0.05) is 31.4 Å². The molecule has 1 amide bonds. The van der Waals surface area contributed by atoms with Gasteiger partial charge in [0.15, 0.2) is 0 Å². The highest BCUT2D eigenvalue weighted by Gasteiger charge is 2.40. The molecule has 2 N–H and O–H groups in total. The first-order chi connectivity index (χ1) is 11.5. The molecule has 0 spiro atoms. The van der Waals surface area contributed by atoms with E-state index in [0.29, 0.717) is 24.3 Å². The van der Waals surface area contributed by atoms with E-state index in [9.17, 15) is 20.0 Å². The fourth-order valence-electron chi connectivity index (χ4n) is 3.60. The molecule has 0 aromatic heterocycles. The molecular weight excluding hydrogens is 304 g/mol. The first-order valence-electron chi connectivity index (χ1n) is 8.61. The number of aliphatic carboxylic acids is 1. The van der Waals surface area contributed by atoms with Crippen molar-refractivity contribution in [3.63, 3.8) is 0 Å². The molecule has 3 rings (SSSR count). The maximum Gasteiger partial charge on any atom is 0.329 e. The van der Waals surface area contributed by atoms with Gasteiger partial charge in [0.1, 0.15) is 5.54 Å². The van der Waals surface area contributed by atoms with E-state index in [1.54, 1.807) is 12.1 Å². The Morgan fingerprint density at radius 2 is 1.96 bits per heavy atom. The third-order valence-electron chi connectivity index (χ3n) is 5.11. The highest BCUT2D eigenvalue weighted by Crippen LogP contribution is 2.41. The lowest BCUT2D eigenvalue weighted by atomic mass is 9.81. The van der Waals surface area contributed by atoms with Gasteiger partial charge in [0, 0.05) is 0 Å². The van der Waals surface area contributed by atoms with Gasteiger partial charge in [0.25, 0.3) is 0 Å². The van der Waals surface area contributed by atoms with Gasteiger partial charge in [-0.05, 0) is 48.8 Å². The van der Waals surface area contributed by atoms with Crippen molar-refractivity contribution in [3.8, 4) is 6.07 Å². The zero-order valence-corrected chi connectivity index (χ0v) is 13.7. The topological polar surface area (TPSA) is 90.2 Å². The number of carboxylic acids is 1. The summed E-state index contributed by atoms with van der Waals surface area (Å²) in [7, 11) is 0. The van der Waals surface area contributed by atoms with E-state index in [0.717, 1.165) is 43.2 Å². The second-order valence-corrected chi connectivity index (χ2v) is 6.98. The van der Waals surface area contributed by atoms with Crippen LogP contribution in [0.1, 0.15) is 67.6 Å². The smallest absolute Gasteiger partial charge is 0.329 e. The number of nitrogens with one attached hydrogen (secondary N) is 1. The molecule has 0 bridgehead atoms. The summed E-state index contributed by atoms with van der Waals surface area (Å²) in [6.07, 6.45) is 6.00. The Morgan fingerprint density at radius 3 is 2.54 bits per heavy atom. The van der Waals surface area contributed by atoms with Crippen LogP contribution in [-0.2, 0) is 16.0 Å². The number of carboxylic acid groups (broad SMARTS) is 1. The molecular formula is C19H22N2O3. The van der Waals surface area contributed by atoms with Crippen LogP contribution in [-0.4, -0.2) is 22.5 Å². The number of rotatable bonds is 5. The summed E-state index contributed by atoms with van der Waals surface area (Å²) >= 11 is 0. The number of nitriles is 1. The average molecular weight is 326 g/mol. The Labute approximate surface area is 141 Å². The lowest BCUT2D eigenvalue weighted by molar-refractivity contribution is -0.149. The molecule has 5 nitrogen and oxygen atoms in total. The van der Waals surface area contributed by atoms with Gasteiger partial charge in [0.2, 0.25) is 5.91 Å². The first kappa shape index (κ1) is 16.5. The Hall–Kier alpha value is -2.35. The van der Waals surface area contributed by atoms with Gasteiger partial charge in [-0.2, -0.15) is 5.26 Å². The molecule has 0 radical (unpaired) electrons. The predicted octanol–water partition coefficient (Wildman–Crippen LogP) is 2.88. The summed E-state index contributed by atoms with van der Waals surface area (Å²) in [4.78, 5) is 24.1. The van der Waals surface area contributed by atoms with Gasteiger partial charge in [-0.15, -0.1) is 0 Å². The third-order valence-corrected chi connectivity index (χ3v) is 5.11. The first-order valence-corrected chi connectivity index (χ1v) is 8.61. The zero-order chi connectivity index (χ0) is 17.2. The van der Waals surface area contributed by atoms with Crippen LogP contribution in [0.25, 0.3) is 0 Å². The van der Waals surface area contributed by atoms with Crippen LogP contribution < -0.4 is 5.32 Å². The molecule has 2 fully saturated rings. The maximum atomic E-state index is 12.4. The Morgan fingerprint density at radius 1 is 1.25 bits per heavy atom. The second-order valence-electron chi connectivity index (χ2n) is 6.98. The van der Waals surface area contributed by atoms with Gasteiger partial charge in [-0.3, -0.25) is 4.79 Å². The molecule has 24 heavy (non-hydrogen) atoms. The molecule has 2 aliphatic carbocycles. The molecule has 126 valence electrons. The van der Waals surface area contributed by atoms with Gasteiger partial charge >= 0.3 is 5.97 Å². The number of carbonyl (C=O) groups is 2. The van der Waals surface area contributed by atoms with E-state index in [-0.39, 0.29) is 12.3 Å². The molecule has 0 aliphatic heterocycles. The number of amides is 1. The molecule has 5 heteroatoms. The maximum absolute atomic E-state index is 12.4. The van der Waals surface area contributed by atoms with Crippen molar-refractivity contribution in [1.82, 2.24) is 5.32 Å². The molecule has 0 heterocycles. The molecule has 1 aromatic carbocycles. The van der Waals surface area contributed by atoms with Crippen LogP contribution in [0.3, 0.4) is 0 Å². The summed E-state index contributed by atoms with van der Waals surface area (Å²) in [6, 6.07) is 7.70. The van der Waals surface area contributed by atoms with Crippen LogP contribution in [0.4, 0.5) is 0 Å². The number of nitrogens with zero attached hydrogens (tertiary/aromatic N) is 1. The van der Waals surface area contributed by atoms with E-state index < -0.39 is 11.5 Å². The van der Waals surface area contributed by atoms with Crippen LogP contribution in [0.5, 0.6) is 0 Å². The number of benzene rings is 1. The van der Waals surface area contributed by atoms with Crippen molar-refractivity contribution in [2.45, 2.75) is 62.8 Å². The van der Waals surface area contributed by atoms with Crippen LogP contribution in [0, 0.1) is 11.3 Å². The van der Waals surface area contributed by atoms with Crippen molar-refractivity contribution in [1.29, 1.82) is 5.26 Å². The van der Waals surface area contributed by atoms with Gasteiger partial charge in [-0.25, -0.2) is 4.79 Å². The Bertz CT molecular complexity index is 695. The van der Waals surface area contributed by atoms with E-state index in [2.05, 4.69) is 11.4 Å². The summed E-state index contributed by atoms with van der Waals surface area (Å²) in [6.45, 7) is 0. The highest BCUT2D eigenvalue weighted by atomic mass is 16.4. The molecule has 2 aliphatic rings. The van der Waals surface area contributed by atoms with Crippen molar-refractivity contribution < 1.29 is 14.7 Å². The molecule has 1 aromatic rings. The van der Waals surface area contributed by atoms with Crippen molar-refractivity contribution in [2.75, 3.05) is 0 Å². The van der Waals surface area contributed by atoms with E-state index in [1.807, 2.05) is 6.07 Å². The van der Waals surface area contributed by atoms with E-state index >= 15 is 0 Å². The Kier molecular flexibility index (Phi) is 4.57. The fourth-order valence-corrected chi connectivity index (χ4v) is 3.60. The standard InChI is InChI=1S/C19H22N2O3/c20-12-15-5-4-13(10-16(15)14-6-7-14)11-17(22)21-19(18(23)24)8-2-1-3-9-19/h4-5,10,14H,1-3,6-9,11H2,(H,21,22)(H,23,24). The third kappa shape index (κ3) is 3.43. The quantitative estimate of drug-likeness (QED) is 0.870. The van der Waals surface area contributed by atoms with Crippen molar-refractivity contribution in [2.24, 2.45) is 0 Å². The molecule has 0 unspecified atom stereocenters. The molecule has 0 saturated heterocycles. The minimum absolute atomic E-state index is 0.153. The van der Waals surface area contributed by atoms with Gasteiger partial charge < -0.3 is 10.4 Å². The molecule has 0 atom stereocenters. The molecule has 2 saturated carbocycles. The van der Waals surface area contributed by atoms with Gasteiger partial charge in [0.05, 0.1) is 18.1 Å². The SMILES string of the molecule is N#Cc1ccc(CC(=O)NC2(C(=O)O)CCCCC2)cc1C1CC1. The second kappa shape index (κ2) is 6.64. The van der Waals surface area contributed by atoms with Crippen molar-refractivity contribution in [3.05, 3.63) is 34.9 Å². The highest BCUT2D eigenvalue weighted by molar-refractivity contribution is 5.88. The summed E-state index contributed by atoms with van der Waals surface area (Å²) < 4.78 is 0. The van der Waals surface area contributed by atoms with E-state index in [4.69, 9.17) is 0 Å². The lowest BCUT2D eigenvalue weighted by Gasteiger charge is -2.34. The predicted molar refractivity (Wildman–Crippen MR) is 88.4 cm³/mol. The zero-order valence-electron chi connectivity index (χ0n) is 13.7.